The molecule has 0 spiro atoms. The largest absolute Gasteiger partial charge is 0.459 e. The van der Waals surface area contributed by atoms with Crippen LogP contribution < -0.4 is 5.32 Å². The first-order valence-electron chi connectivity index (χ1n) is 6.96. The van der Waals surface area contributed by atoms with E-state index in [9.17, 15) is 4.79 Å². The van der Waals surface area contributed by atoms with E-state index in [0.717, 1.165) is 17.1 Å². The van der Waals surface area contributed by atoms with Gasteiger partial charge in [0, 0.05) is 18.8 Å². The third-order valence-electron chi connectivity index (χ3n) is 2.76. The summed E-state index contributed by atoms with van der Waals surface area (Å²) in [4.78, 5) is 16.1. The zero-order chi connectivity index (χ0) is 14.6. The maximum Gasteiger partial charge on any atom is 0.316 e. The highest BCUT2D eigenvalue weighted by Gasteiger charge is 2.21. The highest BCUT2D eigenvalue weighted by Crippen LogP contribution is 2.23. The highest BCUT2D eigenvalue weighted by molar-refractivity contribution is 7.99. The molecule has 4 nitrogen and oxygen atoms in total. The lowest BCUT2D eigenvalue weighted by Crippen LogP contribution is -2.25. The predicted octanol–water partition coefficient (Wildman–Crippen LogP) is 2.77. The number of pyridine rings is 1. The summed E-state index contributed by atoms with van der Waals surface area (Å²) in [6.45, 7) is 6.44. The second-order valence-corrected chi connectivity index (χ2v) is 6.96. The summed E-state index contributed by atoms with van der Waals surface area (Å²) in [5, 5.41) is 4.38. The fourth-order valence-corrected chi connectivity index (χ4v) is 2.50. The van der Waals surface area contributed by atoms with E-state index in [2.05, 4.69) is 16.4 Å². The molecule has 1 aromatic rings. The lowest BCUT2D eigenvalue weighted by atomic mass is 10.2. The molecule has 0 saturated heterocycles. The van der Waals surface area contributed by atoms with Crippen LogP contribution in [0.3, 0.4) is 0 Å². The molecule has 0 radical (unpaired) electrons. The van der Waals surface area contributed by atoms with Crippen molar-refractivity contribution in [3.63, 3.8) is 0 Å². The van der Waals surface area contributed by atoms with Crippen LogP contribution in [-0.2, 0) is 16.1 Å². The van der Waals surface area contributed by atoms with Crippen LogP contribution in [0.1, 0.15) is 39.2 Å². The van der Waals surface area contributed by atoms with Crippen molar-refractivity contribution in [3.8, 4) is 0 Å². The van der Waals surface area contributed by atoms with Crippen molar-refractivity contribution in [2.75, 3.05) is 5.75 Å². The smallest absolute Gasteiger partial charge is 0.316 e. The van der Waals surface area contributed by atoms with Gasteiger partial charge in [0.15, 0.2) is 0 Å². The van der Waals surface area contributed by atoms with E-state index in [4.69, 9.17) is 4.74 Å². The van der Waals surface area contributed by atoms with Crippen molar-refractivity contribution in [2.24, 2.45) is 0 Å². The molecule has 0 aliphatic heterocycles. The molecule has 20 heavy (non-hydrogen) atoms. The fraction of sp³-hybridized carbons (Fsp3) is 0.600. The second-order valence-electron chi connectivity index (χ2n) is 6.00. The minimum Gasteiger partial charge on any atom is -0.459 e. The summed E-state index contributed by atoms with van der Waals surface area (Å²) >= 11 is 1.44. The number of hydrogen-bond acceptors (Lipinski definition) is 5. The second kappa shape index (κ2) is 6.59. The number of rotatable bonds is 6. The summed E-state index contributed by atoms with van der Waals surface area (Å²) in [7, 11) is 0. The van der Waals surface area contributed by atoms with Crippen LogP contribution in [0.4, 0.5) is 0 Å². The van der Waals surface area contributed by atoms with Crippen molar-refractivity contribution in [1.29, 1.82) is 0 Å². The van der Waals surface area contributed by atoms with Gasteiger partial charge in [-0.25, -0.2) is 4.98 Å². The Kier molecular flexibility index (Phi) is 5.05. The zero-order valence-corrected chi connectivity index (χ0v) is 13.1. The third-order valence-corrected chi connectivity index (χ3v) is 3.78. The van der Waals surface area contributed by atoms with Gasteiger partial charge in [0.2, 0.25) is 0 Å². The molecule has 0 unspecified atom stereocenters. The molecule has 110 valence electrons. The van der Waals surface area contributed by atoms with Gasteiger partial charge in [-0.15, -0.1) is 0 Å². The number of hydrogen-bond donors (Lipinski definition) is 1. The fourth-order valence-electron chi connectivity index (χ4n) is 1.73. The molecule has 0 bridgehead atoms. The van der Waals surface area contributed by atoms with E-state index < -0.39 is 5.60 Å². The average molecular weight is 294 g/mol. The van der Waals surface area contributed by atoms with Crippen LogP contribution in [0.2, 0.25) is 0 Å². The van der Waals surface area contributed by atoms with Crippen LogP contribution in [0.25, 0.3) is 0 Å². The molecule has 2 rings (SSSR count). The topological polar surface area (TPSA) is 51.2 Å². The first kappa shape index (κ1) is 15.3. The Hall–Kier alpha value is -1.07. The Morgan fingerprint density at radius 1 is 1.50 bits per heavy atom. The number of nitrogens with zero attached hydrogens (tertiary/aromatic N) is 1. The predicted molar refractivity (Wildman–Crippen MR) is 80.7 cm³/mol. The Labute approximate surface area is 124 Å². The molecule has 1 fully saturated rings. The van der Waals surface area contributed by atoms with E-state index in [0.29, 0.717) is 11.8 Å². The molecular formula is C15H22N2O2S. The molecule has 0 amide bonds. The van der Waals surface area contributed by atoms with Gasteiger partial charge in [-0.1, -0.05) is 17.8 Å². The molecule has 1 aromatic heterocycles. The van der Waals surface area contributed by atoms with Gasteiger partial charge in [0.25, 0.3) is 0 Å². The van der Waals surface area contributed by atoms with Crippen molar-refractivity contribution in [3.05, 3.63) is 23.9 Å². The van der Waals surface area contributed by atoms with E-state index in [-0.39, 0.29) is 5.97 Å². The molecule has 0 atom stereocenters. The summed E-state index contributed by atoms with van der Waals surface area (Å²) in [5.74, 6) is 0.0966. The van der Waals surface area contributed by atoms with Gasteiger partial charge in [0.1, 0.15) is 10.6 Å². The Morgan fingerprint density at radius 2 is 2.25 bits per heavy atom. The van der Waals surface area contributed by atoms with Gasteiger partial charge in [-0.05, 0) is 45.2 Å². The van der Waals surface area contributed by atoms with Gasteiger partial charge in [0.05, 0.1) is 5.75 Å². The van der Waals surface area contributed by atoms with E-state index in [1.54, 1.807) is 6.20 Å². The number of aromatic nitrogens is 1. The zero-order valence-electron chi connectivity index (χ0n) is 12.3. The highest BCUT2D eigenvalue weighted by atomic mass is 32.2. The number of carbonyl (C=O) groups is 1. The number of carbonyl (C=O) groups excluding carboxylic acids is 1. The Balaban J connectivity index is 1.86. The molecule has 1 aliphatic rings. The number of nitrogens with one attached hydrogen (secondary N) is 1. The summed E-state index contributed by atoms with van der Waals surface area (Å²) < 4.78 is 5.30. The van der Waals surface area contributed by atoms with Crippen LogP contribution in [0, 0.1) is 0 Å². The first-order chi connectivity index (χ1) is 9.44. The number of esters is 1. The minimum absolute atomic E-state index is 0.200. The molecule has 1 heterocycles. The van der Waals surface area contributed by atoms with E-state index in [1.807, 2.05) is 26.8 Å². The first-order valence-corrected chi connectivity index (χ1v) is 7.94. The standard InChI is InChI=1S/C15H22N2O2S/c1-15(2,3)19-13(18)10-20-14-11(5-4-8-16-14)9-17-12-6-7-12/h4-5,8,12,17H,6-7,9-10H2,1-3H3. The molecule has 0 aromatic carbocycles. The van der Waals surface area contributed by atoms with Crippen LogP contribution >= 0.6 is 11.8 Å². The quantitative estimate of drug-likeness (QED) is 0.646. The van der Waals surface area contributed by atoms with Crippen LogP contribution in [0.15, 0.2) is 23.4 Å². The van der Waals surface area contributed by atoms with Gasteiger partial charge in [-0.3, -0.25) is 4.79 Å². The van der Waals surface area contributed by atoms with Crippen LogP contribution in [-0.4, -0.2) is 28.3 Å². The van der Waals surface area contributed by atoms with Gasteiger partial charge >= 0.3 is 5.97 Å². The van der Waals surface area contributed by atoms with E-state index >= 15 is 0 Å². The van der Waals surface area contributed by atoms with Crippen molar-refractivity contribution < 1.29 is 9.53 Å². The molecule has 1 N–H and O–H groups in total. The maximum absolute atomic E-state index is 11.7. The number of ether oxygens (including phenoxy) is 1. The molecule has 1 aliphatic carbocycles. The third kappa shape index (κ3) is 5.51. The molecular weight excluding hydrogens is 272 g/mol. The molecule has 1 saturated carbocycles. The SMILES string of the molecule is CC(C)(C)OC(=O)CSc1ncccc1CNC1CC1. The van der Waals surface area contributed by atoms with Crippen molar-refractivity contribution in [1.82, 2.24) is 10.3 Å². The van der Waals surface area contributed by atoms with Gasteiger partial charge < -0.3 is 10.1 Å². The minimum atomic E-state index is -0.432. The Bertz CT molecular complexity index is 467. The lowest BCUT2D eigenvalue weighted by Gasteiger charge is -2.19. The van der Waals surface area contributed by atoms with Gasteiger partial charge in [-0.2, -0.15) is 0 Å². The average Bonchev–Trinajstić information content (AvgIpc) is 3.17. The summed E-state index contributed by atoms with van der Waals surface area (Å²) in [5.41, 5.74) is 0.714. The monoisotopic (exact) mass is 294 g/mol. The normalized spacial score (nSPS) is 15.2. The summed E-state index contributed by atoms with van der Waals surface area (Å²) in [6, 6.07) is 4.65. The maximum atomic E-state index is 11.7. The van der Waals surface area contributed by atoms with E-state index in [1.165, 1.54) is 24.6 Å². The lowest BCUT2D eigenvalue weighted by molar-refractivity contribution is -0.151. The molecule has 5 heteroatoms. The van der Waals surface area contributed by atoms with Crippen molar-refractivity contribution >= 4 is 17.7 Å². The van der Waals surface area contributed by atoms with Crippen molar-refractivity contribution in [2.45, 2.75) is 56.8 Å². The Morgan fingerprint density at radius 3 is 2.90 bits per heavy atom. The number of thioether (sulfide) groups is 1. The summed E-state index contributed by atoms with van der Waals surface area (Å²) in [6.07, 6.45) is 4.29. The van der Waals surface area contributed by atoms with Crippen LogP contribution in [0.5, 0.6) is 0 Å².